The molecule has 1 atom stereocenters. The lowest BCUT2D eigenvalue weighted by Gasteiger charge is -2.19. The standard InChI is InChI=1S/C25H24IN3O4/c1-16-9-12-18(13-10-16)28-25(32)33-23(19-15-17(26)11-14-22(19)30)7-4-8-24(31)29-21-6-3-2-5-20(21)27/h2-6,8-15,23,30H,7,27H2,1H3,(H,28,32)(H,29,31)/b8-4+/t23-/m0/s1. The van der Waals surface area contributed by atoms with E-state index in [1.807, 2.05) is 19.1 Å². The third-order valence-electron chi connectivity index (χ3n) is 4.72. The van der Waals surface area contributed by atoms with E-state index in [1.165, 1.54) is 6.08 Å². The lowest BCUT2D eigenvalue weighted by Crippen LogP contribution is -2.18. The number of nitrogens with one attached hydrogen (secondary N) is 2. The number of phenols is 1. The van der Waals surface area contributed by atoms with E-state index in [0.717, 1.165) is 9.13 Å². The number of aromatic hydroxyl groups is 1. The minimum atomic E-state index is -0.809. The van der Waals surface area contributed by atoms with Crippen LogP contribution in [0.15, 0.2) is 78.9 Å². The molecule has 0 radical (unpaired) electrons. The fourth-order valence-corrected chi connectivity index (χ4v) is 3.53. The molecule has 0 spiro atoms. The third-order valence-corrected chi connectivity index (χ3v) is 5.39. The average molecular weight is 557 g/mol. The van der Waals surface area contributed by atoms with Crippen LogP contribution in [0.25, 0.3) is 0 Å². The maximum atomic E-state index is 12.5. The van der Waals surface area contributed by atoms with E-state index in [2.05, 4.69) is 33.2 Å². The molecule has 3 rings (SSSR count). The summed E-state index contributed by atoms with van der Waals surface area (Å²) in [4.78, 5) is 24.8. The zero-order chi connectivity index (χ0) is 23.8. The van der Waals surface area contributed by atoms with E-state index in [-0.39, 0.29) is 18.1 Å². The van der Waals surface area contributed by atoms with Gasteiger partial charge in [0.25, 0.3) is 0 Å². The Balaban J connectivity index is 1.71. The monoisotopic (exact) mass is 557 g/mol. The molecule has 0 heterocycles. The predicted molar refractivity (Wildman–Crippen MR) is 138 cm³/mol. The van der Waals surface area contributed by atoms with Crippen LogP contribution in [-0.2, 0) is 9.53 Å². The first-order chi connectivity index (χ1) is 15.8. The summed E-state index contributed by atoms with van der Waals surface area (Å²) in [6.45, 7) is 1.95. The van der Waals surface area contributed by atoms with Gasteiger partial charge in [-0.1, -0.05) is 35.9 Å². The molecular weight excluding hydrogens is 533 g/mol. The van der Waals surface area contributed by atoms with Gasteiger partial charge in [0.15, 0.2) is 0 Å². The number of hydrogen-bond acceptors (Lipinski definition) is 5. The molecule has 0 aliphatic carbocycles. The van der Waals surface area contributed by atoms with Crippen molar-refractivity contribution in [1.82, 2.24) is 0 Å². The topological polar surface area (TPSA) is 114 Å². The SMILES string of the molecule is Cc1ccc(NC(=O)O[C@@H](C/C=C/C(=O)Nc2ccccc2N)c2cc(I)ccc2O)cc1. The van der Waals surface area contributed by atoms with Crippen molar-refractivity contribution in [3.8, 4) is 5.75 Å². The Morgan fingerprint density at radius 3 is 2.55 bits per heavy atom. The smallest absolute Gasteiger partial charge is 0.412 e. The Labute approximate surface area is 205 Å². The number of amides is 2. The summed E-state index contributed by atoms with van der Waals surface area (Å²) in [5, 5.41) is 15.7. The second kappa shape index (κ2) is 11.4. The Kier molecular flexibility index (Phi) is 8.31. The van der Waals surface area contributed by atoms with E-state index in [0.29, 0.717) is 22.6 Å². The highest BCUT2D eigenvalue weighted by Crippen LogP contribution is 2.31. The van der Waals surface area contributed by atoms with Crippen LogP contribution < -0.4 is 16.4 Å². The van der Waals surface area contributed by atoms with Crippen LogP contribution in [0.4, 0.5) is 21.9 Å². The molecule has 170 valence electrons. The average Bonchev–Trinajstić information content (AvgIpc) is 2.78. The molecule has 2 amide bonds. The number of rotatable bonds is 7. The summed E-state index contributed by atoms with van der Waals surface area (Å²) >= 11 is 2.11. The van der Waals surface area contributed by atoms with Gasteiger partial charge in [-0.25, -0.2) is 4.79 Å². The zero-order valence-corrected chi connectivity index (χ0v) is 20.1. The number of carbonyl (C=O) groups excluding carboxylic acids is 2. The molecule has 8 heteroatoms. The van der Waals surface area contributed by atoms with Gasteiger partial charge in [0.2, 0.25) is 5.91 Å². The van der Waals surface area contributed by atoms with Crippen molar-refractivity contribution >= 4 is 51.7 Å². The number of halogens is 1. The van der Waals surface area contributed by atoms with Gasteiger partial charge in [-0.2, -0.15) is 0 Å². The summed E-state index contributed by atoms with van der Waals surface area (Å²) in [6.07, 6.45) is 1.61. The number of anilines is 3. The highest BCUT2D eigenvalue weighted by Gasteiger charge is 2.20. The molecular formula is C25H24IN3O4. The van der Waals surface area contributed by atoms with Gasteiger partial charge in [-0.3, -0.25) is 10.1 Å². The minimum absolute atomic E-state index is 0.00142. The largest absolute Gasteiger partial charge is 0.508 e. The van der Waals surface area contributed by atoms with Crippen molar-refractivity contribution in [2.45, 2.75) is 19.4 Å². The van der Waals surface area contributed by atoms with Crippen LogP contribution >= 0.6 is 22.6 Å². The first kappa shape index (κ1) is 24.1. The fraction of sp³-hybridized carbons (Fsp3) is 0.120. The van der Waals surface area contributed by atoms with E-state index in [9.17, 15) is 14.7 Å². The first-order valence-electron chi connectivity index (χ1n) is 10.2. The van der Waals surface area contributed by atoms with Gasteiger partial charge in [0.05, 0.1) is 11.4 Å². The number of nitrogens with two attached hydrogens (primary N) is 1. The summed E-state index contributed by atoms with van der Waals surface area (Å²) in [5.74, 6) is -0.374. The Bertz CT molecular complexity index is 1160. The Morgan fingerprint density at radius 1 is 1.09 bits per heavy atom. The van der Waals surface area contributed by atoms with Crippen LogP contribution in [0.3, 0.4) is 0 Å². The lowest BCUT2D eigenvalue weighted by atomic mass is 10.0. The van der Waals surface area contributed by atoms with Crippen LogP contribution in [0.1, 0.15) is 23.7 Å². The zero-order valence-electron chi connectivity index (χ0n) is 17.9. The molecule has 0 aromatic heterocycles. The molecule has 0 saturated carbocycles. The van der Waals surface area contributed by atoms with Crippen LogP contribution in [0.5, 0.6) is 5.75 Å². The normalized spacial score (nSPS) is 11.7. The number of aryl methyl sites for hydroxylation is 1. The molecule has 3 aromatic carbocycles. The Hall–Kier alpha value is -3.53. The highest BCUT2D eigenvalue weighted by atomic mass is 127. The van der Waals surface area contributed by atoms with Crippen LogP contribution in [0, 0.1) is 10.5 Å². The number of benzene rings is 3. The maximum Gasteiger partial charge on any atom is 0.412 e. The van der Waals surface area contributed by atoms with Crippen molar-refractivity contribution in [3.05, 3.63) is 93.6 Å². The highest BCUT2D eigenvalue weighted by molar-refractivity contribution is 14.1. The fourth-order valence-electron chi connectivity index (χ4n) is 3.02. The number of nitrogen functional groups attached to an aromatic ring is 1. The maximum absolute atomic E-state index is 12.5. The van der Waals surface area contributed by atoms with E-state index >= 15 is 0 Å². The predicted octanol–water partition coefficient (Wildman–Crippen LogP) is 5.76. The van der Waals surface area contributed by atoms with Crippen LogP contribution in [0.2, 0.25) is 0 Å². The van der Waals surface area contributed by atoms with E-state index < -0.39 is 12.2 Å². The molecule has 3 aromatic rings. The van der Waals surface area contributed by atoms with Gasteiger partial charge in [0.1, 0.15) is 11.9 Å². The number of hydrogen-bond donors (Lipinski definition) is 4. The number of ether oxygens (including phenoxy) is 1. The summed E-state index contributed by atoms with van der Waals surface area (Å²) in [6, 6.07) is 19.3. The molecule has 0 fully saturated rings. The van der Waals surface area contributed by atoms with Crippen LogP contribution in [-0.4, -0.2) is 17.1 Å². The second-order valence-corrected chi connectivity index (χ2v) is 8.55. The molecule has 0 aliphatic rings. The van der Waals surface area contributed by atoms with E-state index in [1.54, 1.807) is 60.7 Å². The Morgan fingerprint density at radius 2 is 1.82 bits per heavy atom. The lowest BCUT2D eigenvalue weighted by molar-refractivity contribution is -0.111. The summed E-state index contributed by atoms with van der Waals surface area (Å²) < 4.78 is 6.48. The van der Waals surface area contributed by atoms with Gasteiger partial charge < -0.3 is 20.9 Å². The first-order valence-corrected chi connectivity index (χ1v) is 11.2. The molecule has 5 N–H and O–H groups in total. The van der Waals surface area contributed by atoms with Crippen molar-refractivity contribution in [2.75, 3.05) is 16.4 Å². The van der Waals surface area contributed by atoms with Gasteiger partial charge in [-0.05, 0) is 78.1 Å². The van der Waals surface area contributed by atoms with Crippen molar-refractivity contribution < 1.29 is 19.4 Å². The van der Waals surface area contributed by atoms with Crippen molar-refractivity contribution in [3.63, 3.8) is 0 Å². The van der Waals surface area contributed by atoms with Gasteiger partial charge in [-0.15, -0.1) is 0 Å². The minimum Gasteiger partial charge on any atom is -0.508 e. The number of para-hydroxylation sites is 2. The third kappa shape index (κ3) is 7.25. The molecule has 0 saturated heterocycles. The molecule has 0 bridgehead atoms. The molecule has 7 nitrogen and oxygen atoms in total. The van der Waals surface area contributed by atoms with Crippen molar-refractivity contribution in [2.24, 2.45) is 0 Å². The molecule has 33 heavy (non-hydrogen) atoms. The summed E-state index contributed by atoms with van der Waals surface area (Å²) in [5.41, 5.74) is 8.91. The quantitative estimate of drug-likeness (QED) is 0.168. The van der Waals surface area contributed by atoms with Gasteiger partial charge in [0, 0.05) is 21.2 Å². The van der Waals surface area contributed by atoms with Gasteiger partial charge >= 0.3 is 6.09 Å². The molecule has 0 unspecified atom stereocenters. The van der Waals surface area contributed by atoms with Crippen molar-refractivity contribution in [1.29, 1.82) is 0 Å². The second-order valence-electron chi connectivity index (χ2n) is 7.30. The van der Waals surface area contributed by atoms with E-state index in [4.69, 9.17) is 10.5 Å². The summed E-state index contributed by atoms with van der Waals surface area (Å²) in [7, 11) is 0. The number of phenolic OH excluding ortho intramolecular Hbond substituents is 1. The number of carbonyl (C=O) groups is 2. The molecule has 0 aliphatic heterocycles.